The fourth-order valence-electron chi connectivity index (χ4n) is 9.95. The van der Waals surface area contributed by atoms with Crippen LogP contribution in [-0.4, -0.2) is 0 Å². The van der Waals surface area contributed by atoms with Crippen molar-refractivity contribution in [1.82, 2.24) is 0 Å². The van der Waals surface area contributed by atoms with Gasteiger partial charge < -0.3 is 9.32 Å². The zero-order chi connectivity index (χ0) is 39.3. The molecule has 2 heteroatoms. The third-order valence-corrected chi connectivity index (χ3v) is 12.8. The highest BCUT2D eigenvalue weighted by Gasteiger charge is 2.19. The van der Waals surface area contributed by atoms with Crippen molar-refractivity contribution in [3.63, 3.8) is 0 Å². The quantitative estimate of drug-likeness (QED) is 0.166. The maximum atomic E-state index is 6.78. The van der Waals surface area contributed by atoms with Crippen molar-refractivity contribution in [2.45, 2.75) is 0 Å². The van der Waals surface area contributed by atoms with Gasteiger partial charge in [-0.3, -0.25) is 0 Å². The molecule has 0 aliphatic carbocycles. The summed E-state index contributed by atoms with van der Waals surface area (Å²) in [5.41, 5.74) is 7.43. The Balaban J connectivity index is 1.04. The summed E-state index contributed by atoms with van der Waals surface area (Å²) in [4.78, 5) is 2.39. The molecular formula is C58H35NO. The van der Waals surface area contributed by atoms with Crippen molar-refractivity contribution >= 4 is 114 Å². The van der Waals surface area contributed by atoms with Gasteiger partial charge in [-0.15, -0.1) is 0 Å². The highest BCUT2D eigenvalue weighted by Crippen LogP contribution is 2.44. The monoisotopic (exact) mass is 761 g/mol. The Morgan fingerprint density at radius 3 is 1.52 bits per heavy atom. The Bertz CT molecular complexity index is 3880. The minimum Gasteiger partial charge on any atom is -0.455 e. The second-order valence-electron chi connectivity index (χ2n) is 16.0. The van der Waals surface area contributed by atoms with Crippen molar-refractivity contribution in [2.75, 3.05) is 4.90 Å². The maximum absolute atomic E-state index is 6.78. The van der Waals surface area contributed by atoms with Crippen LogP contribution in [0.15, 0.2) is 217 Å². The Morgan fingerprint density at radius 2 is 0.767 bits per heavy atom. The van der Waals surface area contributed by atoms with E-state index in [9.17, 15) is 0 Å². The molecule has 13 rings (SSSR count). The third-order valence-electron chi connectivity index (χ3n) is 12.8. The van der Waals surface area contributed by atoms with E-state index in [1.807, 2.05) is 0 Å². The number of benzene rings is 12. The second-order valence-corrected chi connectivity index (χ2v) is 16.0. The smallest absolute Gasteiger partial charge is 0.143 e. The molecule has 0 saturated heterocycles. The second kappa shape index (κ2) is 12.8. The van der Waals surface area contributed by atoms with E-state index >= 15 is 0 Å². The molecule has 0 N–H and O–H groups in total. The van der Waals surface area contributed by atoms with Crippen LogP contribution in [0.4, 0.5) is 17.1 Å². The van der Waals surface area contributed by atoms with Gasteiger partial charge in [-0.2, -0.15) is 0 Å². The topological polar surface area (TPSA) is 16.4 Å². The Hall–Kier alpha value is -7.94. The lowest BCUT2D eigenvalue weighted by atomic mass is 9.92. The van der Waals surface area contributed by atoms with Crippen molar-refractivity contribution < 1.29 is 4.42 Å². The van der Waals surface area contributed by atoms with Crippen LogP contribution in [0, 0.1) is 0 Å². The summed E-state index contributed by atoms with van der Waals surface area (Å²) in [7, 11) is 0. The van der Waals surface area contributed by atoms with Gasteiger partial charge in [0.05, 0.1) is 0 Å². The summed E-state index contributed by atoms with van der Waals surface area (Å²) in [6.07, 6.45) is 0. The van der Waals surface area contributed by atoms with Gasteiger partial charge in [-0.25, -0.2) is 0 Å². The van der Waals surface area contributed by atoms with Crippen LogP contribution in [0.2, 0.25) is 0 Å². The van der Waals surface area contributed by atoms with E-state index in [2.05, 4.69) is 217 Å². The van der Waals surface area contributed by atoms with Gasteiger partial charge in [0.15, 0.2) is 0 Å². The standard InChI is InChI=1S/C58H35NO/c1-4-14-45-37(11-1)24-28-54-53-30-27-43(35-57(53)60-58(45)54)59(42-26-29-52-49-18-7-6-16-47(49)48-17-8-10-20-51(48)56(52)34-42)41-25-23-36-21-22-39(31-40(36)32-41)55-33-38-12-2-3-13-44(38)46-15-5-9-19-50(46)55/h1-35H. The molecule has 0 spiro atoms. The van der Waals surface area contributed by atoms with Gasteiger partial charge in [-0.1, -0.05) is 152 Å². The van der Waals surface area contributed by atoms with Gasteiger partial charge in [0.1, 0.15) is 11.2 Å². The van der Waals surface area contributed by atoms with Crippen LogP contribution >= 0.6 is 0 Å². The van der Waals surface area contributed by atoms with Crippen molar-refractivity contribution in [1.29, 1.82) is 0 Å². The fourth-order valence-corrected chi connectivity index (χ4v) is 9.95. The lowest BCUT2D eigenvalue weighted by Gasteiger charge is -2.26. The molecule has 0 saturated carbocycles. The molecule has 2 nitrogen and oxygen atoms in total. The first kappa shape index (κ1) is 33.1. The van der Waals surface area contributed by atoms with Crippen molar-refractivity contribution in [3.05, 3.63) is 212 Å². The van der Waals surface area contributed by atoms with Crippen LogP contribution in [0.5, 0.6) is 0 Å². The molecule has 60 heavy (non-hydrogen) atoms. The molecule has 0 amide bonds. The third kappa shape index (κ3) is 4.95. The average molecular weight is 762 g/mol. The molecule has 0 atom stereocenters. The first-order valence-corrected chi connectivity index (χ1v) is 20.7. The predicted molar refractivity (Wildman–Crippen MR) is 256 cm³/mol. The molecule has 1 aromatic heterocycles. The van der Waals surface area contributed by atoms with Crippen LogP contribution in [0.1, 0.15) is 0 Å². The van der Waals surface area contributed by atoms with Gasteiger partial charge in [0, 0.05) is 39.3 Å². The maximum Gasteiger partial charge on any atom is 0.143 e. The number of furan rings is 1. The van der Waals surface area contributed by atoms with Gasteiger partial charge in [-0.05, 0) is 136 Å². The molecule has 0 aliphatic heterocycles. The highest BCUT2D eigenvalue weighted by atomic mass is 16.3. The number of nitrogens with zero attached hydrogens (tertiary/aromatic N) is 1. The van der Waals surface area contributed by atoms with Crippen LogP contribution in [-0.2, 0) is 0 Å². The molecule has 0 fully saturated rings. The number of hydrogen-bond donors (Lipinski definition) is 0. The minimum atomic E-state index is 0.868. The molecule has 278 valence electrons. The van der Waals surface area contributed by atoms with E-state index in [1.165, 1.54) is 81.1 Å². The minimum absolute atomic E-state index is 0.868. The summed E-state index contributed by atoms with van der Waals surface area (Å²) < 4.78 is 6.78. The first-order chi connectivity index (χ1) is 29.7. The van der Waals surface area contributed by atoms with Gasteiger partial charge in [0.2, 0.25) is 0 Å². The summed E-state index contributed by atoms with van der Waals surface area (Å²) in [6, 6.07) is 77.7. The molecular weight excluding hydrogens is 727 g/mol. The lowest BCUT2D eigenvalue weighted by Crippen LogP contribution is -2.10. The Kier molecular flexibility index (Phi) is 7.05. The van der Waals surface area contributed by atoms with E-state index in [0.29, 0.717) is 0 Å². The summed E-state index contributed by atoms with van der Waals surface area (Å²) in [5, 5.41) is 19.5. The van der Waals surface area contributed by atoms with E-state index in [4.69, 9.17) is 4.42 Å². The summed E-state index contributed by atoms with van der Waals surface area (Å²) in [6.45, 7) is 0. The summed E-state index contributed by atoms with van der Waals surface area (Å²) >= 11 is 0. The first-order valence-electron chi connectivity index (χ1n) is 20.7. The molecule has 0 aliphatic rings. The lowest BCUT2D eigenvalue weighted by molar-refractivity contribution is 0.672. The number of fused-ring (bicyclic) bond motifs is 15. The zero-order valence-electron chi connectivity index (χ0n) is 32.6. The normalized spacial score (nSPS) is 12.0. The average Bonchev–Trinajstić information content (AvgIpc) is 3.70. The molecule has 13 aromatic rings. The highest BCUT2D eigenvalue weighted by molar-refractivity contribution is 6.26. The van der Waals surface area contributed by atoms with E-state index in [0.717, 1.165) is 44.4 Å². The van der Waals surface area contributed by atoms with Crippen LogP contribution in [0.3, 0.4) is 0 Å². The van der Waals surface area contributed by atoms with Crippen LogP contribution in [0.25, 0.3) is 108 Å². The molecule has 0 unspecified atom stereocenters. The molecule has 12 aromatic carbocycles. The predicted octanol–water partition coefficient (Wildman–Crippen LogP) is 16.8. The van der Waals surface area contributed by atoms with Crippen molar-refractivity contribution in [3.8, 4) is 11.1 Å². The fraction of sp³-hybridized carbons (Fsp3) is 0. The zero-order valence-corrected chi connectivity index (χ0v) is 32.6. The molecule has 0 radical (unpaired) electrons. The number of rotatable bonds is 4. The van der Waals surface area contributed by atoms with Crippen molar-refractivity contribution in [2.24, 2.45) is 0 Å². The van der Waals surface area contributed by atoms with E-state index in [-0.39, 0.29) is 0 Å². The largest absolute Gasteiger partial charge is 0.455 e. The number of anilines is 3. The van der Waals surface area contributed by atoms with Gasteiger partial charge in [0.25, 0.3) is 0 Å². The number of hydrogen-bond acceptors (Lipinski definition) is 2. The van der Waals surface area contributed by atoms with Gasteiger partial charge >= 0.3 is 0 Å². The SMILES string of the molecule is c1ccc2c(c1)cc(-c1ccc3ccc(N(c4ccc5c(c4)oc4c6ccccc6ccc54)c4ccc5c6ccccc6c6ccccc6c5c4)cc3c1)c1ccccc12. The van der Waals surface area contributed by atoms with E-state index < -0.39 is 0 Å². The van der Waals surface area contributed by atoms with E-state index in [1.54, 1.807) is 0 Å². The molecule has 0 bridgehead atoms. The molecule has 1 heterocycles. The Labute approximate surface area is 345 Å². The van der Waals surface area contributed by atoms with Crippen LogP contribution < -0.4 is 4.90 Å². The Morgan fingerprint density at radius 1 is 0.267 bits per heavy atom. The summed E-state index contributed by atoms with van der Waals surface area (Å²) in [5.74, 6) is 0.